The Kier molecular flexibility index (Phi) is 3.93. The lowest BCUT2D eigenvalue weighted by Crippen LogP contribution is -2.38. The first-order chi connectivity index (χ1) is 11.7. The molecule has 1 aromatic heterocycles. The van der Waals surface area contributed by atoms with Crippen LogP contribution in [0.1, 0.15) is 26.2 Å². The summed E-state index contributed by atoms with van der Waals surface area (Å²) < 4.78 is 10.7. The standard InChI is InChI=1S/C17H17N3O3S/c1-11(21)20-7-3-2-4-16(20)19-17-18-13(9-24-17)12-5-6-14-15(8-12)23-10-22-14/h5-6,8-9H,2-4,7,10H2,1H3. The summed E-state index contributed by atoms with van der Waals surface area (Å²) in [5, 5.41) is 2.64. The molecule has 1 aromatic carbocycles. The summed E-state index contributed by atoms with van der Waals surface area (Å²) in [5.74, 6) is 2.36. The monoisotopic (exact) mass is 343 g/mol. The van der Waals surface area contributed by atoms with Crippen molar-refractivity contribution in [2.45, 2.75) is 26.2 Å². The molecule has 6 nitrogen and oxygen atoms in total. The Morgan fingerprint density at radius 2 is 2.17 bits per heavy atom. The van der Waals surface area contributed by atoms with Crippen LogP contribution in [-0.4, -0.2) is 35.0 Å². The fraction of sp³-hybridized carbons (Fsp3) is 0.353. The number of thiazole rings is 1. The molecular formula is C17H17N3O3S. The number of piperidine rings is 1. The maximum Gasteiger partial charge on any atom is 0.231 e. The quantitative estimate of drug-likeness (QED) is 0.836. The van der Waals surface area contributed by atoms with Gasteiger partial charge < -0.3 is 14.4 Å². The highest BCUT2D eigenvalue weighted by Crippen LogP contribution is 2.37. The minimum absolute atomic E-state index is 0.0426. The fourth-order valence-electron chi connectivity index (χ4n) is 2.89. The summed E-state index contributed by atoms with van der Waals surface area (Å²) in [7, 11) is 0. The van der Waals surface area contributed by atoms with Crippen molar-refractivity contribution in [3.8, 4) is 22.8 Å². The SMILES string of the molecule is CC(=O)N1CCCCC1=Nc1nc(-c2ccc3c(c2)OCO3)cs1. The van der Waals surface area contributed by atoms with Gasteiger partial charge in [0.15, 0.2) is 11.5 Å². The summed E-state index contributed by atoms with van der Waals surface area (Å²) in [6, 6.07) is 5.78. The molecule has 0 saturated carbocycles. The Labute approximate surface area is 143 Å². The van der Waals surface area contributed by atoms with Crippen LogP contribution >= 0.6 is 11.3 Å². The molecule has 2 aromatic rings. The predicted molar refractivity (Wildman–Crippen MR) is 92.0 cm³/mol. The van der Waals surface area contributed by atoms with E-state index in [2.05, 4.69) is 9.98 Å². The maximum absolute atomic E-state index is 11.7. The number of carbonyl (C=O) groups is 1. The Balaban J connectivity index is 1.60. The Morgan fingerprint density at radius 3 is 3.04 bits per heavy atom. The Hall–Kier alpha value is -2.41. The summed E-state index contributed by atoms with van der Waals surface area (Å²) in [4.78, 5) is 22.7. The number of likely N-dealkylation sites (tertiary alicyclic amines) is 1. The van der Waals surface area contributed by atoms with E-state index in [1.807, 2.05) is 23.6 Å². The second-order valence-electron chi connectivity index (χ2n) is 5.74. The number of amidine groups is 1. The molecule has 0 atom stereocenters. The first-order valence-corrected chi connectivity index (χ1v) is 8.80. The number of fused-ring (bicyclic) bond motifs is 1. The maximum atomic E-state index is 11.7. The van der Waals surface area contributed by atoms with Gasteiger partial charge in [-0.3, -0.25) is 4.79 Å². The first-order valence-electron chi connectivity index (χ1n) is 7.92. The minimum atomic E-state index is 0.0426. The van der Waals surface area contributed by atoms with Crippen molar-refractivity contribution in [1.82, 2.24) is 9.88 Å². The molecule has 0 N–H and O–H groups in total. The van der Waals surface area contributed by atoms with E-state index < -0.39 is 0 Å². The lowest BCUT2D eigenvalue weighted by molar-refractivity contribution is -0.125. The van der Waals surface area contributed by atoms with Gasteiger partial charge >= 0.3 is 0 Å². The molecule has 7 heteroatoms. The normalized spacial score (nSPS) is 18.2. The van der Waals surface area contributed by atoms with Gasteiger partial charge in [-0.2, -0.15) is 0 Å². The summed E-state index contributed by atoms with van der Waals surface area (Å²) in [6.45, 7) is 2.59. The van der Waals surface area contributed by atoms with Crippen molar-refractivity contribution in [2.75, 3.05) is 13.3 Å². The van der Waals surface area contributed by atoms with Crippen LogP contribution in [0.2, 0.25) is 0 Å². The molecule has 0 radical (unpaired) electrons. The van der Waals surface area contributed by atoms with Gasteiger partial charge in [0.2, 0.25) is 17.8 Å². The van der Waals surface area contributed by atoms with Crippen LogP contribution < -0.4 is 9.47 Å². The molecule has 0 bridgehead atoms. The van der Waals surface area contributed by atoms with Gasteiger partial charge in [-0.15, -0.1) is 11.3 Å². The largest absolute Gasteiger partial charge is 0.454 e. The van der Waals surface area contributed by atoms with Gasteiger partial charge in [0.25, 0.3) is 0 Å². The van der Waals surface area contributed by atoms with Gasteiger partial charge in [0.05, 0.1) is 5.69 Å². The van der Waals surface area contributed by atoms with Gasteiger partial charge in [0, 0.05) is 30.8 Å². The van der Waals surface area contributed by atoms with Crippen LogP contribution in [0.5, 0.6) is 11.5 Å². The zero-order valence-electron chi connectivity index (χ0n) is 13.3. The first kappa shape index (κ1) is 15.1. The topological polar surface area (TPSA) is 64.0 Å². The molecular weight excluding hydrogens is 326 g/mol. The average molecular weight is 343 g/mol. The zero-order valence-corrected chi connectivity index (χ0v) is 14.1. The van der Waals surface area contributed by atoms with Crippen LogP contribution in [0.3, 0.4) is 0 Å². The molecule has 2 aliphatic rings. The van der Waals surface area contributed by atoms with Crippen LogP contribution in [0.4, 0.5) is 5.13 Å². The number of nitrogens with zero attached hydrogens (tertiary/aromatic N) is 3. The number of rotatable bonds is 2. The molecule has 2 aliphatic heterocycles. The average Bonchev–Trinajstić information content (AvgIpc) is 3.23. The summed E-state index contributed by atoms with van der Waals surface area (Å²) >= 11 is 1.48. The molecule has 1 fully saturated rings. The van der Waals surface area contributed by atoms with Crippen molar-refractivity contribution in [1.29, 1.82) is 0 Å². The molecule has 4 rings (SSSR count). The van der Waals surface area contributed by atoms with Crippen LogP contribution in [0.15, 0.2) is 28.6 Å². The molecule has 0 unspecified atom stereocenters. The highest BCUT2D eigenvalue weighted by Gasteiger charge is 2.20. The summed E-state index contributed by atoms with van der Waals surface area (Å²) in [6.07, 6.45) is 2.90. The molecule has 0 aliphatic carbocycles. The molecule has 1 amide bonds. The van der Waals surface area contributed by atoms with E-state index in [4.69, 9.17) is 9.47 Å². The van der Waals surface area contributed by atoms with E-state index in [9.17, 15) is 4.79 Å². The third kappa shape index (κ3) is 2.87. The summed E-state index contributed by atoms with van der Waals surface area (Å²) in [5.41, 5.74) is 1.82. The van der Waals surface area contributed by atoms with E-state index >= 15 is 0 Å². The number of carbonyl (C=O) groups excluding carboxylic acids is 1. The second-order valence-corrected chi connectivity index (χ2v) is 6.58. The van der Waals surface area contributed by atoms with Crippen molar-refractivity contribution in [3.05, 3.63) is 23.6 Å². The van der Waals surface area contributed by atoms with E-state index in [1.165, 1.54) is 11.3 Å². The molecule has 3 heterocycles. The van der Waals surface area contributed by atoms with Gasteiger partial charge in [-0.25, -0.2) is 9.98 Å². The smallest absolute Gasteiger partial charge is 0.231 e. The van der Waals surface area contributed by atoms with Gasteiger partial charge in [-0.1, -0.05) is 0 Å². The van der Waals surface area contributed by atoms with E-state index in [1.54, 1.807) is 11.8 Å². The van der Waals surface area contributed by atoms with Crippen LogP contribution in [-0.2, 0) is 4.79 Å². The highest BCUT2D eigenvalue weighted by molar-refractivity contribution is 7.13. The van der Waals surface area contributed by atoms with Crippen molar-refractivity contribution in [3.63, 3.8) is 0 Å². The van der Waals surface area contributed by atoms with Gasteiger partial charge in [-0.05, 0) is 31.0 Å². The molecule has 0 spiro atoms. The molecule has 24 heavy (non-hydrogen) atoms. The zero-order chi connectivity index (χ0) is 16.5. The van der Waals surface area contributed by atoms with Crippen molar-refractivity contribution in [2.24, 2.45) is 4.99 Å². The number of benzene rings is 1. The van der Waals surface area contributed by atoms with Gasteiger partial charge in [0.1, 0.15) is 5.84 Å². The van der Waals surface area contributed by atoms with Crippen molar-refractivity contribution >= 4 is 28.2 Å². The van der Waals surface area contributed by atoms with Crippen LogP contribution in [0, 0.1) is 0 Å². The van der Waals surface area contributed by atoms with E-state index in [0.29, 0.717) is 5.13 Å². The third-order valence-corrected chi connectivity index (χ3v) is 4.84. The minimum Gasteiger partial charge on any atom is -0.454 e. The molecule has 124 valence electrons. The second kappa shape index (κ2) is 6.24. The Morgan fingerprint density at radius 1 is 1.29 bits per heavy atom. The van der Waals surface area contributed by atoms with E-state index in [0.717, 1.165) is 54.4 Å². The van der Waals surface area contributed by atoms with Crippen LogP contribution in [0.25, 0.3) is 11.3 Å². The number of aliphatic imine (C=N–C) groups is 1. The number of ether oxygens (including phenoxy) is 2. The number of hydrogen-bond donors (Lipinski definition) is 0. The van der Waals surface area contributed by atoms with E-state index in [-0.39, 0.29) is 12.7 Å². The predicted octanol–water partition coefficient (Wildman–Crippen LogP) is 3.60. The highest BCUT2D eigenvalue weighted by atomic mass is 32.1. The number of aromatic nitrogens is 1. The van der Waals surface area contributed by atoms with Crippen molar-refractivity contribution < 1.29 is 14.3 Å². The molecule has 1 saturated heterocycles. The number of hydrogen-bond acceptors (Lipinski definition) is 6. The lowest BCUT2D eigenvalue weighted by atomic mass is 10.1. The third-order valence-electron chi connectivity index (χ3n) is 4.11. The lowest BCUT2D eigenvalue weighted by Gasteiger charge is -2.26. The fourth-order valence-corrected chi connectivity index (χ4v) is 3.60. The Bertz CT molecular complexity index is 815. The number of amides is 1.